The van der Waals surface area contributed by atoms with Crippen molar-refractivity contribution in [1.82, 2.24) is 0 Å². The van der Waals surface area contributed by atoms with Crippen molar-refractivity contribution in [3.8, 4) is 5.75 Å². The Balaban J connectivity index is 2.30. The van der Waals surface area contributed by atoms with E-state index < -0.39 is 5.97 Å². The summed E-state index contributed by atoms with van der Waals surface area (Å²) < 4.78 is 5.45. The Hall–Kier alpha value is -1.74. The van der Waals surface area contributed by atoms with Crippen molar-refractivity contribution < 1.29 is 14.6 Å². The predicted molar refractivity (Wildman–Crippen MR) is 61.7 cm³/mol. The number of aliphatic carboxylic acids is 1. The molecule has 0 unspecified atom stereocenters. The molecule has 0 atom stereocenters. The third-order valence-corrected chi connectivity index (χ3v) is 2.38. The summed E-state index contributed by atoms with van der Waals surface area (Å²) >= 11 is 5.85. The van der Waals surface area contributed by atoms with Crippen molar-refractivity contribution in [3.05, 3.63) is 46.5 Å². The van der Waals surface area contributed by atoms with Gasteiger partial charge in [0.25, 0.3) is 0 Å². The molecule has 0 radical (unpaired) electrons. The lowest BCUT2D eigenvalue weighted by Crippen LogP contribution is -2.06. The number of fused-ring (bicyclic) bond motifs is 1. The van der Waals surface area contributed by atoms with Gasteiger partial charge in [0.2, 0.25) is 0 Å². The number of hydrogen-bond donors (Lipinski definition) is 1. The maximum Gasteiger partial charge on any atom is 0.328 e. The highest BCUT2D eigenvalue weighted by molar-refractivity contribution is 6.30. The fourth-order valence-electron chi connectivity index (χ4n) is 1.44. The summed E-state index contributed by atoms with van der Waals surface area (Å²) in [5, 5.41) is 9.13. The molecule has 1 aliphatic rings. The van der Waals surface area contributed by atoms with Crippen LogP contribution in [0.15, 0.2) is 35.9 Å². The highest BCUT2D eigenvalue weighted by atomic mass is 35.5. The zero-order valence-corrected chi connectivity index (χ0v) is 9.07. The summed E-state index contributed by atoms with van der Waals surface area (Å²) in [5.41, 5.74) is 1.67. The summed E-state index contributed by atoms with van der Waals surface area (Å²) in [6, 6.07) is 5.34. The van der Waals surface area contributed by atoms with Crippen molar-refractivity contribution in [2.45, 2.75) is 0 Å². The van der Waals surface area contributed by atoms with E-state index in [0.29, 0.717) is 11.6 Å². The highest BCUT2D eigenvalue weighted by Crippen LogP contribution is 2.29. The number of ether oxygens (including phenoxy) is 1. The van der Waals surface area contributed by atoms with Crippen molar-refractivity contribution in [3.63, 3.8) is 0 Å². The minimum atomic E-state index is -0.974. The topological polar surface area (TPSA) is 46.5 Å². The van der Waals surface area contributed by atoms with Crippen molar-refractivity contribution in [2.75, 3.05) is 6.61 Å². The van der Waals surface area contributed by atoms with E-state index in [9.17, 15) is 4.79 Å². The fourth-order valence-corrected chi connectivity index (χ4v) is 1.62. The van der Waals surface area contributed by atoms with E-state index in [1.807, 2.05) is 6.08 Å². The monoisotopic (exact) mass is 236 g/mol. The van der Waals surface area contributed by atoms with Gasteiger partial charge < -0.3 is 9.84 Å². The third-order valence-electron chi connectivity index (χ3n) is 2.15. The molecule has 16 heavy (non-hydrogen) atoms. The number of halogens is 1. The van der Waals surface area contributed by atoms with Crippen LogP contribution in [0.2, 0.25) is 5.02 Å². The van der Waals surface area contributed by atoms with Crippen LogP contribution in [0.5, 0.6) is 5.75 Å². The van der Waals surface area contributed by atoms with Crippen LogP contribution in [0, 0.1) is 0 Å². The van der Waals surface area contributed by atoms with E-state index in [2.05, 4.69) is 0 Å². The molecule has 2 rings (SSSR count). The lowest BCUT2D eigenvalue weighted by Gasteiger charge is -2.15. The van der Waals surface area contributed by atoms with Gasteiger partial charge in [-0.3, -0.25) is 0 Å². The van der Waals surface area contributed by atoms with Crippen LogP contribution in [0.1, 0.15) is 5.56 Å². The standard InChI is InChI=1S/C12H9ClO3/c13-10-2-3-11-9(6-10)5-8(7-16-11)1-4-12(14)15/h1-6H,7H2,(H,14,15)/b4-1+. The van der Waals surface area contributed by atoms with Crippen LogP contribution in [-0.2, 0) is 4.79 Å². The molecule has 1 N–H and O–H groups in total. The first-order valence-corrected chi connectivity index (χ1v) is 5.07. The van der Waals surface area contributed by atoms with E-state index >= 15 is 0 Å². The van der Waals surface area contributed by atoms with Gasteiger partial charge in [0.1, 0.15) is 12.4 Å². The number of hydrogen-bond acceptors (Lipinski definition) is 2. The number of benzene rings is 1. The van der Waals surface area contributed by atoms with Gasteiger partial charge in [0, 0.05) is 16.7 Å². The Morgan fingerprint density at radius 2 is 2.31 bits per heavy atom. The molecule has 1 heterocycles. The third kappa shape index (κ3) is 2.44. The first kappa shape index (κ1) is 10.8. The minimum Gasteiger partial charge on any atom is -0.488 e. The second-order valence-corrected chi connectivity index (χ2v) is 3.80. The molecule has 0 spiro atoms. The molecule has 4 heteroatoms. The molecule has 0 amide bonds. The van der Waals surface area contributed by atoms with Gasteiger partial charge in [-0.1, -0.05) is 11.6 Å². The zero-order valence-electron chi connectivity index (χ0n) is 8.31. The number of rotatable bonds is 2. The fraction of sp³-hybridized carbons (Fsp3) is 0.0833. The van der Waals surface area contributed by atoms with E-state index in [0.717, 1.165) is 23.0 Å². The molecule has 1 aromatic carbocycles. The molecule has 0 saturated carbocycles. The smallest absolute Gasteiger partial charge is 0.328 e. The maximum absolute atomic E-state index is 10.4. The Kier molecular flexibility index (Phi) is 2.97. The maximum atomic E-state index is 10.4. The SMILES string of the molecule is O=C(O)/C=C/C1=Cc2cc(Cl)ccc2OC1. The number of carbonyl (C=O) groups is 1. The highest BCUT2D eigenvalue weighted by Gasteiger charge is 2.09. The Labute approximate surface area is 97.6 Å². The summed E-state index contributed by atoms with van der Waals surface area (Å²) in [6.45, 7) is 0.373. The van der Waals surface area contributed by atoms with Gasteiger partial charge in [-0.05, 0) is 35.9 Å². The molecule has 0 aliphatic carbocycles. The Morgan fingerprint density at radius 3 is 3.06 bits per heavy atom. The van der Waals surface area contributed by atoms with Crippen LogP contribution in [0.3, 0.4) is 0 Å². The average molecular weight is 237 g/mol. The Morgan fingerprint density at radius 1 is 1.50 bits per heavy atom. The van der Waals surface area contributed by atoms with Gasteiger partial charge in [-0.2, -0.15) is 0 Å². The molecule has 82 valence electrons. The summed E-state index contributed by atoms with van der Waals surface area (Å²) in [4.78, 5) is 10.4. The van der Waals surface area contributed by atoms with Crippen LogP contribution < -0.4 is 4.74 Å². The van der Waals surface area contributed by atoms with E-state index in [1.165, 1.54) is 6.08 Å². The second-order valence-electron chi connectivity index (χ2n) is 3.36. The van der Waals surface area contributed by atoms with E-state index in [-0.39, 0.29) is 0 Å². The average Bonchev–Trinajstić information content (AvgIpc) is 2.25. The molecule has 3 nitrogen and oxygen atoms in total. The molecule has 1 aliphatic heterocycles. The second kappa shape index (κ2) is 4.41. The zero-order chi connectivity index (χ0) is 11.5. The lowest BCUT2D eigenvalue weighted by molar-refractivity contribution is -0.131. The predicted octanol–water partition coefficient (Wildman–Crippen LogP) is 2.76. The number of carboxylic acid groups (broad SMARTS) is 1. The summed E-state index contributed by atoms with van der Waals surface area (Å²) in [5.74, 6) is -0.213. The molecule has 0 aromatic heterocycles. The molecule has 1 aromatic rings. The molecule has 0 saturated heterocycles. The molecular weight excluding hydrogens is 228 g/mol. The quantitative estimate of drug-likeness (QED) is 0.804. The van der Waals surface area contributed by atoms with Gasteiger partial charge >= 0.3 is 5.97 Å². The van der Waals surface area contributed by atoms with E-state index in [1.54, 1.807) is 18.2 Å². The summed E-state index contributed by atoms with van der Waals surface area (Å²) in [6.07, 6.45) is 4.47. The molecule has 0 fully saturated rings. The van der Waals surface area contributed by atoms with Crippen LogP contribution >= 0.6 is 11.6 Å². The normalized spacial score (nSPS) is 14.2. The lowest BCUT2D eigenvalue weighted by atomic mass is 10.1. The van der Waals surface area contributed by atoms with Gasteiger partial charge in [0.05, 0.1) is 0 Å². The van der Waals surface area contributed by atoms with E-state index in [4.69, 9.17) is 21.4 Å². The first-order valence-electron chi connectivity index (χ1n) is 4.69. The molecular formula is C12H9ClO3. The Bertz CT molecular complexity index is 489. The minimum absolute atomic E-state index is 0.373. The van der Waals surface area contributed by atoms with Crippen molar-refractivity contribution >= 4 is 23.6 Å². The van der Waals surface area contributed by atoms with Gasteiger partial charge in [0.15, 0.2) is 0 Å². The van der Waals surface area contributed by atoms with Crippen LogP contribution in [0.4, 0.5) is 0 Å². The van der Waals surface area contributed by atoms with Crippen molar-refractivity contribution in [2.24, 2.45) is 0 Å². The van der Waals surface area contributed by atoms with Gasteiger partial charge in [-0.15, -0.1) is 0 Å². The van der Waals surface area contributed by atoms with Crippen LogP contribution in [0.25, 0.3) is 6.08 Å². The molecule has 0 bridgehead atoms. The van der Waals surface area contributed by atoms with Gasteiger partial charge in [-0.25, -0.2) is 4.79 Å². The van der Waals surface area contributed by atoms with Crippen molar-refractivity contribution in [1.29, 1.82) is 0 Å². The van der Waals surface area contributed by atoms with Crippen LogP contribution in [-0.4, -0.2) is 17.7 Å². The summed E-state index contributed by atoms with van der Waals surface area (Å²) in [7, 11) is 0. The largest absolute Gasteiger partial charge is 0.488 e. The first-order chi connectivity index (χ1) is 7.65. The number of carboxylic acids is 1.